The monoisotopic (exact) mass is 300 g/mol. The molecule has 2 N–H and O–H groups in total. The highest BCUT2D eigenvalue weighted by molar-refractivity contribution is 5.77. The molecular formula is C14H24N2O5. The molecule has 1 rings (SSSR count). The third-order valence-corrected chi connectivity index (χ3v) is 4.11. The zero-order valence-electron chi connectivity index (χ0n) is 12.7. The van der Waals surface area contributed by atoms with Gasteiger partial charge in [0.2, 0.25) is 0 Å². The van der Waals surface area contributed by atoms with Crippen LogP contribution in [0.5, 0.6) is 0 Å². The van der Waals surface area contributed by atoms with Crippen LogP contribution in [0.25, 0.3) is 0 Å². The lowest BCUT2D eigenvalue weighted by Gasteiger charge is -2.43. The van der Waals surface area contributed by atoms with Crippen molar-refractivity contribution in [2.45, 2.75) is 50.5 Å². The van der Waals surface area contributed by atoms with Crippen LogP contribution in [0.15, 0.2) is 0 Å². The van der Waals surface area contributed by atoms with Crippen molar-refractivity contribution in [2.75, 3.05) is 20.7 Å². The summed E-state index contributed by atoms with van der Waals surface area (Å²) in [5, 5.41) is 11.8. The van der Waals surface area contributed by atoms with Crippen LogP contribution < -0.4 is 5.32 Å². The Morgan fingerprint density at radius 1 is 1.24 bits per heavy atom. The quantitative estimate of drug-likeness (QED) is 0.722. The molecule has 0 aliphatic heterocycles. The predicted molar refractivity (Wildman–Crippen MR) is 75.9 cm³/mol. The van der Waals surface area contributed by atoms with Crippen LogP contribution in [0, 0.1) is 0 Å². The fourth-order valence-corrected chi connectivity index (χ4v) is 2.83. The van der Waals surface area contributed by atoms with Gasteiger partial charge in [-0.25, -0.2) is 4.79 Å². The van der Waals surface area contributed by atoms with Crippen molar-refractivity contribution in [3.63, 3.8) is 0 Å². The van der Waals surface area contributed by atoms with Gasteiger partial charge in [0.25, 0.3) is 0 Å². The molecule has 0 atom stereocenters. The van der Waals surface area contributed by atoms with Gasteiger partial charge in [-0.1, -0.05) is 19.3 Å². The second-order valence-electron chi connectivity index (χ2n) is 5.47. The molecule has 7 heteroatoms. The van der Waals surface area contributed by atoms with Gasteiger partial charge in [0.15, 0.2) is 0 Å². The minimum atomic E-state index is -0.897. The number of methoxy groups -OCH3 is 1. The normalized spacial score (nSPS) is 16.9. The van der Waals surface area contributed by atoms with Gasteiger partial charge in [0.1, 0.15) is 0 Å². The molecule has 120 valence electrons. The van der Waals surface area contributed by atoms with Crippen molar-refractivity contribution in [3.8, 4) is 0 Å². The minimum absolute atomic E-state index is 0.0477. The Morgan fingerprint density at radius 2 is 1.86 bits per heavy atom. The number of nitrogens with zero attached hydrogens (tertiary/aromatic N) is 1. The molecule has 7 nitrogen and oxygen atoms in total. The van der Waals surface area contributed by atoms with Crippen molar-refractivity contribution in [1.29, 1.82) is 0 Å². The fraction of sp³-hybridized carbons (Fsp3) is 0.786. The van der Waals surface area contributed by atoms with Crippen LogP contribution in [0.4, 0.5) is 4.79 Å². The number of rotatable bonds is 6. The number of nitrogens with one attached hydrogen (secondary N) is 1. The molecular weight excluding hydrogens is 276 g/mol. The van der Waals surface area contributed by atoms with E-state index in [4.69, 9.17) is 5.11 Å². The van der Waals surface area contributed by atoms with E-state index in [2.05, 4.69) is 10.1 Å². The van der Waals surface area contributed by atoms with E-state index in [0.29, 0.717) is 12.8 Å². The molecule has 2 amide bonds. The van der Waals surface area contributed by atoms with Crippen molar-refractivity contribution in [1.82, 2.24) is 10.2 Å². The fourth-order valence-electron chi connectivity index (χ4n) is 2.83. The van der Waals surface area contributed by atoms with Gasteiger partial charge in [-0.15, -0.1) is 0 Å². The lowest BCUT2D eigenvalue weighted by atomic mass is 9.78. The maximum atomic E-state index is 12.2. The largest absolute Gasteiger partial charge is 0.481 e. The third-order valence-electron chi connectivity index (χ3n) is 4.11. The Morgan fingerprint density at radius 3 is 2.38 bits per heavy atom. The molecule has 21 heavy (non-hydrogen) atoms. The van der Waals surface area contributed by atoms with Gasteiger partial charge in [-0.2, -0.15) is 0 Å². The molecule has 0 bridgehead atoms. The zero-order valence-corrected chi connectivity index (χ0v) is 12.7. The SMILES string of the molecule is COC(=O)CCNC(=O)N(C)C1(CC(=O)O)CCCCC1. The van der Waals surface area contributed by atoms with Crippen LogP contribution >= 0.6 is 0 Å². The van der Waals surface area contributed by atoms with Gasteiger partial charge in [0, 0.05) is 13.6 Å². The maximum absolute atomic E-state index is 12.2. The predicted octanol–water partition coefficient (Wildman–Crippen LogP) is 1.37. The molecule has 1 saturated carbocycles. The first kappa shape index (κ1) is 17.3. The summed E-state index contributed by atoms with van der Waals surface area (Å²) in [6, 6.07) is -0.345. The number of ether oxygens (including phenoxy) is 1. The van der Waals surface area contributed by atoms with Crippen molar-refractivity contribution < 1.29 is 24.2 Å². The summed E-state index contributed by atoms with van der Waals surface area (Å²) in [6.07, 6.45) is 4.36. The highest BCUT2D eigenvalue weighted by Gasteiger charge is 2.40. The molecule has 0 unspecified atom stereocenters. The summed E-state index contributed by atoms with van der Waals surface area (Å²) < 4.78 is 4.50. The van der Waals surface area contributed by atoms with E-state index < -0.39 is 17.5 Å². The Labute approximate surface area is 124 Å². The Kier molecular flexibility index (Phi) is 6.45. The van der Waals surface area contributed by atoms with E-state index in [1.54, 1.807) is 7.05 Å². The molecule has 0 aromatic heterocycles. The van der Waals surface area contributed by atoms with E-state index in [0.717, 1.165) is 19.3 Å². The van der Waals surface area contributed by atoms with E-state index in [1.807, 2.05) is 0 Å². The number of aliphatic carboxylic acids is 1. The van der Waals surface area contributed by atoms with Crippen LogP contribution in [0.2, 0.25) is 0 Å². The molecule has 0 aromatic rings. The molecule has 1 aliphatic rings. The number of esters is 1. The standard InChI is InChI=1S/C14H24N2O5/c1-16(13(20)15-9-6-12(19)21-2)14(10-11(17)18)7-4-3-5-8-14/h3-10H2,1-2H3,(H,15,20)(H,17,18). The topological polar surface area (TPSA) is 95.9 Å². The number of carbonyl (C=O) groups excluding carboxylic acids is 2. The number of carboxylic acid groups (broad SMARTS) is 1. The summed E-state index contributed by atoms with van der Waals surface area (Å²) in [6.45, 7) is 0.180. The molecule has 0 saturated heterocycles. The highest BCUT2D eigenvalue weighted by Crippen LogP contribution is 2.35. The average molecular weight is 300 g/mol. The highest BCUT2D eigenvalue weighted by atomic mass is 16.5. The number of urea groups is 1. The summed E-state index contributed by atoms with van der Waals surface area (Å²) in [4.78, 5) is 35.8. The van der Waals surface area contributed by atoms with Crippen LogP contribution in [-0.2, 0) is 14.3 Å². The van der Waals surface area contributed by atoms with E-state index in [-0.39, 0.29) is 25.4 Å². The summed E-state index contributed by atoms with van der Waals surface area (Å²) in [7, 11) is 2.92. The first-order valence-electron chi connectivity index (χ1n) is 7.21. The van der Waals surface area contributed by atoms with E-state index >= 15 is 0 Å². The Balaban J connectivity index is 2.62. The summed E-state index contributed by atoms with van der Waals surface area (Å²) >= 11 is 0. The van der Waals surface area contributed by atoms with E-state index in [1.165, 1.54) is 12.0 Å². The van der Waals surface area contributed by atoms with Crippen LogP contribution in [-0.4, -0.2) is 54.2 Å². The zero-order chi connectivity index (χ0) is 15.9. The number of carboxylic acids is 1. The maximum Gasteiger partial charge on any atom is 0.317 e. The van der Waals surface area contributed by atoms with Gasteiger partial charge >= 0.3 is 18.0 Å². The number of hydrogen-bond acceptors (Lipinski definition) is 4. The second kappa shape index (κ2) is 7.85. The number of carbonyl (C=O) groups is 3. The third kappa shape index (κ3) is 4.91. The molecule has 0 heterocycles. The average Bonchev–Trinajstić information content (AvgIpc) is 2.46. The first-order chi connectivity index (χ1) is 9.91. The van der Waals surface area contributed by atoms with Crippen LogP contribution in [0.1, 0.15) is 44.9 Å². The summed E-state index contributed by atoms with van der Waals surface area (Å²) in [5.74, 6) is -1.29. The number of amides is 2. The molecule has 1 fully saturated rings. The lowest BCUT2D eigenvalue weighted by Crippen LogP contribution is -2.55. The van der Waals surface area contributed by atoms with Crippen molar-refractivity contribution in [3.05, 3.63) is 0 Å². The lowest BCUT2D eigenvalue weighted by molar-refractivity contribution is -0.141. The minimum Gasteiger partial charge on any atom is -0.481 e. The van der Waals surface area contributed by atoms with Crippen molar-refractivity contribution >= 4 is 18.0 Å². The first-order valence-corrected chi connectivity index (χ1v) is 7.21. The molecule has 0 aromatic carbocycles. The van der Waals surface area contributed by atoms with Crippen molar-refractivity contribution in [2.24, 2.45) is 0 Å². The van der Waals surface area contributed by atoms with E-state index in [9.17, 15) is 14.4 Å². The van der Waals surface area contributed by atoms with Gasteiger partial charge in [0.05, 0.1) is 25.5 Å². The molecule has 1 aliphatic carbocycles. The van der Waals surface area contributed by atoms with Gasteiger partial charge in [-0.3, -0.25) is 9.59 Å². The number of hydrogen-bond donors (Lipinski definition) is 2. The van der Waals surface area contributed by atoms with Gasteiger partial charge < -0.3 is 20.1 Å². The Hall–Kier alpha value is -1.79. The molecule has 0 radical (unpaired) electrons. The van der Waals surface area contributed by atoms with Crippen LogP contribution in [0.3, 0.4) is 0 Å². The smallest absolute Gasteiger partial charge is 0.317 e. The second-order valence-corrected chi connectivity index (χ2v) is 5.47. The Bertz CT molecular complexity index is 391. The molecule has 0 spiro atoms. The summed E-state index contributed by atoms with van der Waals surface area (Å²) in [5.41, 5.74) is -0.626. The van der Waals surface area contributed by atoms with Gasteiger partial charge in [-0.05, 0) is 12.8 Å².